The lowest BCUT2D eigenvalue weighted by Gasteiger charge is -2.14. The highest BCUT2D eigenvalue weighted by Crippen LogP contribution is 2.37. The molecule has 0 bridgehead atoms. The number of nitrogens with zero attached hydrogens (tertiary/aromatic N) is 2. The molecule has 0 saturated heterocycles. The van der Waals surface area contributed by atoms with E-state index in [1.54, 1.807) is 12.4 Å². The van der Waals surface area contributed by atoms with Crippen LogP contribution in [0.2, 0.25) is 0 Å². The van der Waals surface area contributed by atoms with Gasteiger partial charge in [0.25, 0.3) is 0 Å². The Bertz CT molecular complexity index is 443. The highest BCUT2D eigenvalue weighted by atomic mass is 16.3. The van der Waals surface area contributed by atoms with Crippen molar-refractivity contribution >= 4 is 11.7 Å². The fourth-order valence-electron chi connectivity index (χ4n) is 1.97. The van der Waals surface area contributed by atoms with Gasteiger partial charge in [-0.05, 0) is 25.2 Å². The van der Waals surface area contributed by atoms with Crippen molar-refractivity contribution in [1.29, 1.82) is 0 Å². The molecule has 1 aliphatic rings. The van der Waals surface area contributed by atoms with Crippen LogP contribution in [0, 0.1) is 5.92 Å². The van der Waals surface area contributed by atoms with Gasteiger partial charge in [-0.1, -0.05) is 13.8 Å². The van der Waals surface area contributed by atoms with Crippen LogP contribution < -0.4 is 10.6 Å². The van der Waals surface area contributed by atoms with E-state index in [1.165, 1.54) is 0 Å². The Morgan fingerprint density at radius 3 is 2.60 bits per heavy atom. The van der Waals surface area contributed by atoms with Gasteiger partial charge in [0.1, 0.15) is 5.82 Å². The van der Waals surface area contributed by atoms with Gasteiger partial charge in [0, 0.05) is 12.5 Å². The summed E-state index contributed by atoms with van der Waals surface area (Å²) in [6.45, 7) is 4.30. The first kappa shape index (κ1) is 14.7. The van der Waals surface area contributed by atoms with Crippen molar-refractivity contribution in [3.8, 4) is 0 Å². The van der Waals surface area contributed by atoms with E-state index < -0.39 is 6.10 Å². The summed E-state index contributed by atoms with van der Waals surface area (Å²) in [7, 11) is 0. The summed E-state index contributed by atoms with van der Waals surface area (Å²) in [6, 6.07) is -0.351. The number of nitrogens with one attached hydrogen (secondary N) is 2. The molecule has 6 nitrogen and oxygen atoms in total. The second kappa shape index (κ2) is 6.65. The molecular formula is C14H22N4O2. The van der Waals surface area contributed by atoms with E-state index in [2.05, 4.69) is 20.6 Å². The van der Waals surface area contributed by atoms with Gasteiger partial charge in [-0.25, -0.2) is 14.8 Å². The topological polar surface area (TPSA) is 87.1 Å². The maximum atomic E-state index is 11.6. The van der Waals surface area contributed by atoms with Crippen LogP contribution in [0.4, 0.5) is 10.5 Å². The van der Waals surface area contributed by atoms with Crippen molar-refractivity contribution in [3.05, 3.63) is 18.2 Å². The maximum absolute atomic E-state index is 11.6. The van der Waals surface area contributed by atoms with Crippen LogP contribution in [0.1, 0.15) is 44.9 Å². The third-order valence-corrected chi connectivity index (χ3v) is 3.11. The van der Waals surface area contributed by atoms with Crippen LogP contribution in [0.5, 0.6) is 0 Å². The van der Waals surface area contributed by atoms with E-state index in [4.69, 9.17) is 0 Å². The Kier molecular flexibility index (Phi) is 4.89. The van der Waals surface area contributed by atoms with Crippen molar-refractivity contribution in [2.24, 2.45) is 5.92 Å². The standard InChI is InChI=1S/C14H22N4O2/c1-9(2)5-12(19)8-17-14(20)18-11-6-15-13(16-7-11)10-3-4-10/h6-7,9-10,12,19H,3-5,8H2,1-2H3,(H2,17,18,20). The summed E-state index contributed by atoms with van der Waals surface area (Å²) < 4.78 is 0. The number of carbonyl (C=O) groups is 1. The van der Waals surface area contributed by atoms with E-state index in [0.717, 1.165) is 18.7 Å². The molecular weight excluding hydrogens is 256 g/mol. The third kappa shape index (κ3) is 4.77. The minimum absolute atomic E-state index is 0.241. The number of amides is 2. The molecule has 1 saturated carbocycles. The molecule has 6 heteroatoms. The van der Waals surface area contributed by atoms with Crippen LogP contribution >= 0.6 is 0 Å². The lowest BCUT2D eigenvalue weighted by Crippen LogP contribution is -2.35. The highest BCUT2D eigenvalue weighted by Gasteiger charge is 2.26. The number of carbonyl (C=O) groups excluding carboxylic acids is 1. The number of aliphatic hydroxyl groups excluding tert-OH is 1. The zero-order valence-electron chi connectivity index (χ0n) is 12.0. The Hall–Kier alpha value is -1.69. The zero-order valence-corrected chi connectivity index (χ0v) is 12.0. The minimum Gasteiger partial charge on any atom is -0.391 e. The first-order valence-corrected chi connectivity index (χ1v) is 7.09. The Balaban J connectivity index is 1.73. The number of hydrogen-bond donors (Lipinski definition) is 3. The molecule has 3 N–H and O–H groups in total. The average molecular weight is 278 g/mol. The van der Waals surface area contributed by atoms with Gasteiger partial charge >= 0.3 is 6.03 Å². The number of urea groups is 1. The second-order valence-electron chi connectivity index (χ2n) is 5.72. The number of anilines is 1. The molecule has 110 valence electrons. The van der Waals surface area contributed by atoms with E-state index >= 15 is 0 Å². The summed E-state index contributed by atoms with van der Waals surface area (Å²) >= 11 is 0. The molecule has 1 aliphatic carbocycles. The van der Waals surface area contributed by atoms with Gasteiger partial charge in [0.05, 0.1) is 24.2 Å². The van der Waals surface area contributed by atoms with E-state index in [9.17, 15) is 9.90 Å². The third-order valence-electron chi connectivity index (χ3n) is 3.11. The fourth-order valence-corrected chi connectivity index (χ4v) is 1.97. The molecule has 0 spiro atoms. The van der Waals surface area contributed by atoms with Crippen molar-refractivity contribution in [3.63, 3.8) is 0 Å². The molecule has 0 radical (unpaired) electrons. The lowest BCUT2D eigenvalue weighted by atomic mass is 10.1. The number of aliphatic hydroxyl groups is 1. The minimum atomic E-state index is -0.519. The predicted octanol–water partition coefficient (Wildman–Crippen LogP) is 1.88. The van der Waals surface area contributed by atoms with Crippen molar-refractivity contribution in [2.45, 2.75) is 45.1 Å². The molecule has 1 fully saturated rings. The van der Waals surface area contributed by atoms with E-state index in [-0.39, 0.29) is 12.6 Å². The van der Waals surface area contributed by atoms with Gasteiger partial charge in [0.2, 0.25) is 0 Å². The first-order chi connectivity index (χ1) is 9.54. The van der Waals surface area contributed by atoms with Crippen molar-refractivity contribution in [2.75, 3.05) is 11.9 Å². The van der Waals surface area contributed by atoms with E-state index in [0.29, 0.717) is 23.9 Å². The monoisotopic (exact) mass is 278 g/mol. The Labute approximate surface area is 119 Å². The summed E-state index contributed by atoms with van der Waals surface area (Å²) in [5, 5.41) is 15.0. The number of aromatic nitrogens is 2. The zero-order chi connectivity index (χ0) is 14.5. The quantitative estimate of drug-likeness (QED) is 0.741. The number of rotatable bonds is 6. The summed E-state index contributed by atoms with van der Waals surface area (Å²) in [4.78, 5) is 20.1. The fraction of sp³-hybridized carbons (Fsp3) is 0.643. The lowest BCUT2D eigenvalue weighted by molar-refractivity contribution is 0.148. The molecule has 2 amide bonds. The van der Waals surface area contributed by atoms with E-state index in [1.807, 2.05) is 13.8 Å². The summed E-state index contributed by atoms with van der Waals surface area (Å²) in [6.07, 6.45) is 5.69. The first-order valence-electron chi connectivity index (χ1n) is 7.09. The molecule has 1 unspecified atom stereocenters. The molecule has 1 atom stereocenters. The van der Waals surface area contributed by atoms with Gasteiger partial charge in [-0.2, -0.15) is 0 Å². The van der Waals surface area contributed by atoms with Crippen LogP contribution in [0.3, 0.4) is 0 Å². The summed E-state index contributed by atoms with van der Waals surface area (Å²) in [5.74, 6) is 1.76. The molecule has 1 heterocycles. The van der Waals surface area contributed by atoms with Gasteiger partial charge < -0.3 is 15.7 Å². The average Bonchev–Trinajstić information content (AvgIpc) is 3.21. The van der Waals surface area contributed by atoms with Crippen LogP contribution in [0.25, 0.3) is 0 Å². The number of hydrogen-bond acceptors (Lipinski definition) is 4. The smallest absolute Gasteiger partial charge is 0.319 e. The van der Waals surface area contributed by atoms with Crippen molar-refractivity contribution in [1.82, 2.24) is 15.3 Å². The molecule has 0 aliphatic heterocycles. The normalized spacial score (nSPS) is 16.0. The maximum Gasteiger partial charge on any atom is 0.319 e. The molecule has 1 aromatic rings. The van der Waals surface area contributed by atoms with Gasteiger partial charge in [0.15, 0.2) is 0 Å². The van der Waals surface area contributed by atoms with Gasteiger partial charge in [-0.15, -0.1) is 0 Å². The predicted molar refractivity (Wildman–Crippen MR) is 76.5 cm³/mol. The van der Waals surface area contributed by atoms with Crippen molar-refractivity contribution < 1.29 is 9.90 Å². The van der Waals surface area contributed by atoms with Crippen LogP contribution in [-0.4, -0.2) is 33.8 Å². The van der Waals surface area contributed by atoms with Crippen LogP contribution in [-0.2, 0) is 0 Å². The molecule has 0 aromatic carbocycles. The SMILES string of the molecule is CC(C)CC(O)CNC(=O)Nc1cnc(C2CC2)nc1. The Morgan fingerprint density at radius 2 is 2.05 bits per heavy atom. The molecule has 20 heavy (non-hydrogen) atoms. The Morgan fingerprint density at radius 1 is 1.40 bits per heavy atom. The highest BCUT2D eigenvalue weighted by molar-refractivity contribution is 5.88. The second-order valence-corrected chi connectivity index (χ2v) is 5.72. The van der Waals surface area contributed by atoms with Crippen LogP contribution in [0.15, 0.2) is 12.4 Å². The summed E-state index contributed by atoms with van der Waals surface area (Å²) in [5.41, 5.74) is 0.560. The van der Waals surface area contributed by atoms with Gasteiger partial charge in [-0.3, -0.25) is 0 Å². The molecule has 2 rings (SSSR count). The molecule has 1 aromatic heterocycles. The largest absolute Gasteiger partial charge is 0.391 e.